The normalized spacial score (nSPS) is 23.5. The lowest BCUT2D eigenvalue weighted by Crippen LogP contribution is -2.26. The number of aliphatic hydroxyl groups is 1. The summed E-state index contributed by atoms with van der Waals surface area (Å²) in [5.74, 6) is 0.790. The van der Waals surface area contributed by atoms with E-state index in [9.17, 15) is 9.50 Å². The van der Waals surface area contributed by atoms with Gasteiger partial charge in [-0.1, -0.05) is 12.5 Å². The van der Waals surface area contributed by atoms with Crippen LogP contribution in [0.4, 0.5) is 4.39 Å². The Balaban J connectivity index is 1.79. The Bertz CT molecular complexity index is 399. The fraction of sp³-hybridized carbons (Fsp3) is 0.571. The van der Waals surface area contributed by atoms with Crippen molar-refractivity contribution in [3.63, 3.8) is 0 Å². The molecule has 4 heteroatoms. The Kier molecular flexibility index (Phi) is 5.15. The Labute approximate surface area is 116 Å². The van der Waals surface area contributed by atoms with Crippen molar-refractivity contribution >= 4 is 15.9 Å². The quantitative estimate of drug-likeness (QED) is 0.875. The molecule has 2 atom stereocenters. The number of rotatable bonds is 5. The molecule has 0 aliphatic heterocycles. The topological polar surface area (TPSA) is 32.3 Å². The first-order chi connectivity index (χ1) is 8.70. The summed E-state index contributed by atoms with van der Waals surface area (Å²) < 4.78 is 13.8. The Morgan fingerprint density at radius 3 is 2.83 bits per heavy atom. The summed E-state index contributed by atoms with van der Waals surface area (Å²) in [4.78, 5) is 0. The summed E-state index contributed by atoms with van der Waals surface area (Å²) >= 11 is 3.15. The molecule has 1 aliphatic rings. The molecule has 0 saturated heterocycles. The first-order valence-corrected chi connectivity index (χ1v) is 7.25. The molecule has 1 saturated carbocycles. The molecule has 0 spiro atoms. The maximum atomic E-state index is 13.3. The zero-order chi connectivity index (χ0) is 13.0. The molecule has 0 heterocycles. The molecule has 2 N–H and O–H groups in total. The van der Waals surface area contributed by atoms with Crippen LogP contribution >= 0.6 is 15.9 Å². The van der Waals surface area contributed by atoms with E-state index < -0.39 is 0 Å². The highest BCUT2D eigenvalue weighted by atomic mass is 79.9. The van der Waals surface area contributed by atoms with Crippen molar-refractivity contribution in [2.45, 2.75) is 25.8 Å². The van der Waals surface area contributed by atoms with E-state index >= 15 is 0 Å². The van der Waals surface area contributed by atoms with Crippen LogP contribution in [0.25, 0.3) is 0 Å². The van der Waals surface area contributed by atoms with Gasteiger partial charge in [-0.15, -0.1) is 0 Å². The average molecular weight is 316 g/mol. The standard InChI is InChI=1S/C14H19BrFNO/c15-13-5-4-10(6-14(13)16)7-17-8-11-2-1-3-12(11)9-18/h4-6,11-12,17-18H,1-3,7-9H2. The third-order valence-electron chi connectivity index (χ3n) is 3.77. The molecule has 0 amide bonds. The maximum absolute atomic E-state index is 13.3. The van der Waals surface area contributed by atoms with Crippen molar-refractivity contribution in [3.05, 3.63) is 34.1 Å². The van der Waals surface area contributed by atoms with E-state index in [1.54, 1.807) is 12.1 Å². The average Bonchev–Trinajstić information content (AvgIpc) is 2.81. The van der Waals surface area contributed by atoms with Crippen molar-refractivity contribution in [2.75, 3.05) is 13.2 Å². The number of halogens is 2. The first-order valence-electron chi connectivity index (χ1n) is 6.46. The van der Waals surface area contributed by atoms with Crippen LogP contribution in [0.15, 0.2) is 22.7 Å². The predicted octanol–water partition coefficient (Wildman–Crippen LogP) is 3.09. The maximum Gasteiger partial charge on any atom is 0.137 e. The SMILES string of the molecule is OCC1CCCC1CNCc1ccc(Br)c(F)c1. The number of aliphatic hydroxyl groups excluding tert-OH is 1. The van der Waals surface area contributed by atoms with Gasteiger partial charge in [-0.3, -0.25) is 0 Å². The number of hydrogen-bond donors (Lipinski definition) is 2. The molecule has 1 aromatic rings. The van der Waals surface area contributed by atoms with Crippen LogP contribution in [0, 0.1) is 17.7 Å². The van der Waals surface area contributed by atoms with E-state index in [1.165, 1.54) is 12.8 Å². The van der Waals surface area contributed by atoms with E-state index in [1.807, 2.05) is 6.07 Å². The van der Waals surface area contributed by atoms with Crippen molar-refractivity contribution in [1.29, 1.82) is 0 Å². The fourth-order valence-electron chi connectivity index (χ4n) is 2.67. The number of nitrogens with one attached hydrogen (secondary N) is 1. The van der Waals surface area contributed by atoms with Gasteiger partial charge in [0.25, 0.3) is 0 Å². The van der Waals surface area contributed by atoms with Crippen molar-refractivity contribution in [3.8, 4) is 0 Å². The van der Waals surface area contributed by atoms with Gasteiger partial charge in [0.15, 0.2) is 0 Å². The van der Waals surface area contributed by atoms with Gasteiger partial charge in [-0.25, -0.2) is 4.39 Å². The van der Waals surface area contributed by atoms with Gasteiger partial charge in [0, 0.05) is 13.2 Å². The lowest BCUT2D eigenvalue weighted by molar-refractivity contribution is 0.192. The van der Waals surface area contributed by atoms with Crippen molar-refractivity contribution < 1.29 is 9.50 Å². The second-order valence-corrected chi connectivity index (χ2v) is 5.87. The molecule has 2 rings (SSSR count). The molecular formula is C14H19BrFNO. The molecule has 0 radical (unpaired) electrons. The fourth-order valence-corrected chi connectivity index (χ4v) is 2.92. The minimum absolute atomic E-state index is 0.219. The van der Waals surface area contributed by atoms with Crippen LogP contribution in [0.2, 0.25) is 0 Å². The van der Waals surface area contributed by atoms with Crippen LogP contribution in [0.5, 0.6) is 0 Å². The molecule has 1 fully saturated rings. The summed E-state index contributed by atoms with van der Waals surface area (Å²) in [7, 11) is 0. The van der Waals surface area contributed by atoms with Gasteiger partial charge in [0.05, 0.1) is 4.47 Å². The van der Waals surface area contributed by atoms with E-state index in [-0.39, 0.29) is 5.82 Å². The van der Waals surface area contributed by atoms with Crippen LogP contribution < -0.4 is 5.32 Å². The third-order valence-corrected chi connectivity index (χ3v) is 4.41. The number of benzene rings is 1. The molecule has 0 bridgehead atoms. The predicted molar refractivity (Wildman–Crippen MR) is 73.7 cm³/mol. The zero-order valence-electron chi connectivity index (χ0n) is 10.3. The molecule has 100 valence electrons. The highest BCUT2D eigenvalue weighted by molar-refractivity contribution is 9.10. The van der Waals surface area contributed by atoms with Gasteiger partial charge in [0.2, 0.25) is 0 Å². The lowest BCUT2D eigenvalue weighted by Gasteiger charge is -2.17. The molecule has 0 aromatic heterocycles. The van der Waals surface area contributed by atoms with Crippen molar-refractivity contribution in [1.82, 2.24) is 5.32 Å². The third kappa shape index (κ3) is 3.53. The second-order valence-electron chi connectivity index (χ2n) is 5.01. The molecular weight excluding hydrogens is 297 g/mol. The highest BCUT2D eigenvalue weighted by Crippen LogP contribution is 2.30. The monoisotopic (exact) mass is 315 g/mol. The number of hydrogen-bond acceptors (Lipinski definition) is 2. The van der Waals surface area contributed by atoms with E-state index in [0.29, 0.717) is 29.5 Å². The molecule has 18 heavy (non-hydrogen) atoms. The first kappa shape index (κ1) is 14.0. The molecule has 1 aliphatic carbocycles. The summed E-state index contributed by atoms with van der Waals surface area (Å²) in [5.41, 5.74) is 0.953. The largest absolute Gasteiger partial charge is 0.396 e. The Hall–Kier alpha value is -0.450. The van der Waals surface area contributed by atoms with Crippen LogP contribution in [-0.2, 0) is 6.54 Å². The summed E-state index contributed by atoms with van der Waals surface area (Å²) in [6, 6.07) is 5.20. The Morgan fingerprint density at radius 1 is 1.33 bits per heavy atom. The van der Waals surface area contributed by atoms with Crippen LogP contribution in [0.3, 0.4) is 0 Å². The van der Waals surface area contributed by atoms with E-state index in [4.69, 9.17) is 0 Å². The minimum Gasteiger partial charge on any atom is -0.396 e. The van der Waals surface area contributed by atoms with Gasteiger partial charge >= 0.3 is 0 Å². The van der Waals surface area contributed by atoms with Gasteiger partial charge in [-0.05, 0) is 64.8 Å². The molecule has 2 nitrogen and oxygen atoms in total. The lowest BCUT2D eigenvalue weighted by atomic mass is 9.97. The molecule has 1 aromatic carbocycles. The highest BCUT2D eigenvalue weighted by Gasteiger charge is 2.25. The van der Waals surface area contributed by atoms with Crippen LogP contribution in [-0.4, -0.2) is 18.3 Å². The minimum atomic E-state index is -0.219. The van der Waals surface area contributed by atoms with Crippen LogP contribution in [0.1, 0.15) is 24.8 Å². The van der Waals surface area contributed by atoms with Gasteiger partial charge in [0.1, 0.15) is 5.82 Å². The summed E-state index contributed by atoms with van der Waals surface area (Å²) in [6.45, 7) is 1.88. The summed E-state index contributed by atoms with van der Waals surface area (Å²) in [6.07, 6.45) is 3.53. The van der Waals surface area contributed by atoms with E-state index in [0.717, 1.165) is 18.5 Å². The Morgan fingerprint density at radius 2 is 2.11 bits per heavy atom. The summed E-state index contributed by atoms with van der Waals surface area (Å²) in [5, 5.41) is 12.6. The van der Waals surface area contributed by atoms with Crippen molar-refractivity contribution in [2.24, 2.45) is 11.8 Å². The van der Waals surface area contributed by atoms with Gasteiger partial charge < -0.3 is 10.4 Å². The van der Waals surface area contributed by atoms with Gasteiger partial charge in [-0.2, -0.15) is 0 Å². The van der Waals surface area contributed by atoms with E-state index in [2.05, 4.69) is 21.2 Å². The smallest absolute Gasteiger partial charge is 0.137 e. The molecule has 2 unspecified atom stereocenters. The second kappa shape index (κ2) is 6.64. The zero-order valence-corrected chi connectivity index (χ0v) is 11.9.